The van der Waals surface area contributed by atoms with Gasteiger partial charge in [-0.15, -0.1) is 0 Å². The SMILES string of the molecule is CC(C)(O)COCC1=CC[C@H]2C3=CC=C4C[C@@H](O)C[C@H](O)[C@]4(C)[C@H]3CC[C@]12C. The summed E-state index contributed by atoms with van der Waals surface area (Å²) in [4.78, 5) is 0. The van der Waals surface area contributed by atoms with E-state index >= 15 is 0 Å². The summed E-state index contributed by atoms with van der Waals surface area (Å²) in [5.74, 6) is 0.818. The number of aliphatic hydroxyl groups is 3. The van der Waals surface area contributed by atoms with E-state index in [1.807, 2.05) is 0 Å². The summed E-state index contributed by atoms with van der Waals surface area (Å²) in [5, 5.41) is 31.0. The topological polar surface area (TPSA) is 69.9 Å². The second kappa shape index (κ2) is 6.80. The summed E-state index contributed by atoms with van der Waals surface area (Å²) in [6.07, 6.45) is 10.3. The van der Waals surface area contributed by atoms with Crippen LogP contribution in [0.25, 0.3) is 0 Å². The first-order valence-electron chi connectivity index (χ1n) is 10.8. The summed E-state index contributed by atoms with van der Waals surface area (Å²) < 4.78 is 5.85. The van der Waals surface area contributed by atoms with Crippen LogP contribution >= 0.6 is 0 Å². The molecule has 0 heterocycles. The quantitative estimate of drug-likeness (QED) is 0.645. The predicted octanol–water partition coefficient (Wildman–Crippen LogP) is 3.52. The van der Waals surface area contributed by atoms with Crippen molar-refractivity contribution >= 4 is 0 Å². The maximum atomic E-state index is 10.9. The lowest BCUT2D eigenvalue weighted by molar-refractivity contribution is -0.0503. The van der Waals surface area contributed by atoms with Crippen molar-refractivity contribution in [1.82, 2.24) is 0 Å². The fourth-order valence-corrected chi connectivity index (χ4v) is 6.36. The second-order valence-electron chi connectivity index (χ2n) is 10.6. The molecule has 0 aromatic heterocycles. The molecular formula is C24H36O4. The van der Waals surface area contributed by atoms with E-state index in [2.05, 4.69) is 32.1 Å². The van der Waals surface area contributed by atoms with E-state index in [4.69, 9.17) is 4.74 Å². The Bertz CT molecular complexity index is 727. The summed E-state index contributed by atoms with van der Waals surface area (Å²) in [7, 11) is 0. The molecular weight excluding hydrogens is 352 g/mol. The van der Waals surface area contributed by atoms with Gasteiger partial charge in [0.05, 0.1) is 31.0 Å². The zero-order valence-corrected chi connectivity index (χ0v) is 17.7. The standard InChI is InChI=1S/C24H36O4/c1-22(2,27)14-28-13-16-6-8-19-18-7-5-15-11-17(25)12-21(26)24(15,4)20(18)9-10-23(16,19)3/h5-7,17,19-21,25-27H,8-14H2,1-4H3/t17-,19+,20+,21+,23-,24+/m1/s1. The first-order valence-corrected chi connectivity index (χ1v) is 10.8. The molecule has 0 saturated heterocycles. The van der Waals surface area contributed by atoms with Crippen LogP contribution in [0.3, 0.4) is 0 Å². The summed E-state index contributed by atoms with van der Waals surface area (Å²) in [6.45, 7) is 9.05. The van der Waals surface area contributed by atoms with Crippen LogP contribution in [0.5, 0.6) is 0 Å². The molecule has 6 atom stereocenters. The predicted molar refractivity (Wildman–Crippen MR) is 110 cm³/mol. The van der Waals surface area contributed by atoms with E-state index in [1.165, 1.54) is 16.7 Å². The first kappa shape index (κ1) is 20.3. The molecule has 156 valence electrons. The molecule has 0 aromatic rings. The molecule has 0 aromatic carbocycles. The zero-order valence-electron chi connectivity index (χ0n) is 17.7. The van der Waals surface area contributed by atoms with Crippen molar-refractivity contribution in [2.24, 2.45) is 22.7 Å². The van der Waals surface area contributed by atoms with Crippen molar-refractivity contribution in [2.45, 2.75) is 77.6 Å². The van der Waals surface area contributed by atoms with Crippen LogP contribution in [0.4, 0.5) is 0 Å². The molecule has 2 fully saturated rings. The molecule has 0 amide bonds. The minimum atomic E-state index is -0.805. The van der Waals surface area contributed by atoms with Gasteiger partial charge in [-0.25, -0.2) is 0 Å². The highest BCUT2D eigenvalue weighted by molar-refractivity contribution is 5.43. The van der Waals surface area contributed by atoms with Gasteiger partial charge in [-0.05, 0) is 62.4 Å². The largest absolute Gasteiger partial charge is 0.393 e. The molecule has 3 N–H and O–H groups in total. The Labute approximate surface area is 169 Å². The average molecular weight is 389 g/mol. The molecule has 0 spiro atoms. The fraction of sp³-hybridized carbons (Fsp3) is 0.750. The van der Waals surface area contributed by atoms with Crippen LogP contribution in [0, 0.1) is 22.7 Å². The summed E-state index contributed by atoms with van der Waals surface area (Å²) >= 11 is 0. The van der Waals surface area contributed by atoms with Crippen LogP contribution in [0.2, 0.25) is 0 Å². The van der Waals surface area contributed by atoms with Gasteiger partial charge in [-0.3, -0.25) is 0 Å². The molecule has 4 nitrogen and oxygen atoms in total. The highest BCUT2D eigenvalue weighted by atomic mass is 16.5. The molecule has 28 heavy (non-hydrogen) atoms. The summed E-state index contributed by atoms with van der Waals surface area (Å²) in [6, 6.07) is 0. The van der Waals surface area contributed by atoms with Crippen LogP contribution in [-0.2, 0) is 4.74 Å². The number of hydrogen-bond donors (Lipinski definition) is 3. The minimum Gasteiger partial charge on any atom is -0.393 e. The van der Waals surface area contributed by atoms with Gasteiger partial charge in [0.1, 0.15) is 0 Å². The zero-order chi connectivity index (χ0) is 20.3. The fourth-order valence-electron chi connectivity index (χ4n) is 6.36. The Hall–Kier alpha value is -0.940. The van der Waals surface area contributed by atoms with Gasteiger partial charge in [0.15, 0.2) is 0 Å². The number of ether oxygens (including phenoxy) is 1. The lowest BCUT2D eigenvalue weighted by Gasteiger charge is -2.56. The van der Waals surface area contributed by atoms with Crippen LogP contribution in [0.1, 0.15) is 59.8 Å². The maximum absolute atomic E-state index is 10.9. The molecule has 2 saturated carbocycles. The lowest BCUT2D eigenvalue weighted by atomic mass is 9.50. The van der Waals surface area contributed by atoms with E-state index in [0.29, 0.717) is 37.9 Å². The molecule has 0 aliphatic heterocycles. The van der Waals surface area contributed by atoms with Crippen molar-refractivity contribution in [1.29, 1.82) is 0 Å². The molecule has 0 unspecified atom stereocenters. The van der Waals surface area contributed by atoms with Crippen molar-refractivity contribution < 1.29 is 20.1 Å². The minimum absolute atomic E-state index is 0.1000. The molecule has 4 heteroatoms. The molecule has 0 bridgehead atoms. The average Bonchev–Trinajstić information content (AvgIpc) is 2.92. The van der Waals surface area contributed by atoms with E-state index in [9.17, 15) is 15.3 Å². The van der Waals surface area contributed by atoms with Gasteiger partial charge in [0, 0.05) is 11.8 Å². The molecule has 4 aliphatic carbocycles. The highest BCUT2D eigenvalue weighted by Crippen LogP contribution is 2.63. The van der Waals surface area contributed by atoms with Gasteiger partial charge >= 0.3 is 0 Å². The van der Waals surface area contributed by atoms with E-state index in [1.54, 1.807) is 13.8 Å². The van der Waals surface area contributed by atoms with E-state index < -0.39 is 17.8 Å². The highest BCUT2D eigenvalue weighted by Gasteiger charge is 2.56. The third kappa shape index (κ3) is 3.13. The van der Waals surface area contributed by atoms with E-state index in [-0.39, 0.29) is 10.8 Å². The Morgan fingerprint density at radius 1 is 1.18 bits per heavy atom. The smallest absolute Gasteiger partial charge is 0.0824 e. The van der Waals surface area contributed by atoms with Crippen LogP contribution in [-0.4, -0.2) is 46.3 Å². The van der Waals surface area contributed by atoms with Crippen molar-refractivity contribution in [2.75, 3.05) is 13.2 Å². The Morgan fingerprint density at radius 2 is 1.93 bits per heavy atom. The van der Waals surface area contributed by atoms with Crippen LogP contribution in [0.15, 0.2) is 34.9 Å². The number of aliphatic hydroxyl groups excluding tert-OH is 2. The van der Waals surface area contributed by atoms with Gasteiger partial charge < -0.3 is 20.1 Å². The van der Waals surface area contributed by atoms with Crippen molar-refractivity contribution in [3.63, 3.8) is 0 Å². The van der Waals surface area contributed by atoms with Gasteiger partial charge in [0.2, 0.25) is 0 Å². The Kier molecular flexibility index (Phi) is 4.94. The van der Waals surface area contributed by atoms with E-state index in [0.717, 1.165) is 19.3 Å². The molecule has 4 aliphatic rings. The number of allylic oxidation sites excluding steroid dienone is 4. The molecule has 0 radical (unpaired) electrons. The monoisotopic (exact) mass is 388 g/mol. The van der Waals surface area contributed by atoms with Gasteiger partial charge in [0.25, 0.3) is 0 Å². The second-order valence-corrected chi connectivity index (χ2v) is 10.6. The van der Waals surface area contributed by atoms with Gasteiger partial charge in [-0.2, -0.15) is 0 Å². The first-order chi connectivity index (χ1) is 13.1. The Morgan fingerprint density at radius 3 is 2.64 bits per heavy atom. The maximum Gasteiger partial charge on any atom is 0.0824 e. The van der Waals surface area contributed by atoms with Crippen LogP contribution < -0.4 is 0 Å². The summed E-state index contributed by atoms with van der Waals surface area (Å²) in [5.41, 5.74) is 3.11. The Balaban J connectivity index is 1.56. The lowest BCUT2D eigenvalue weighted by Crippen LogP contribution is -2.52. The van der Waals surface area contributed by atoms with Crippen molar-refractivity contribution in [3.05, 3.63) is 34.9 Å². The van der Waals surface area contributed by atoms with Gasteiger partial charge in [-0.1, -0.05) is 43.2 Å². The third-order valence-electron chi connectivity index (χ3n) is 8.11. The number of fused-ring (bicyclic) bond motifs is 5. The third-order valence-corrected chi connectivity index (χ3v) is 8.11. The molecule has 4 rings (SSSR count). The number of hydrogen-bond acceptors (Lipinski definition) is 4. The number of rotatable bonds is 4. The normalized spacial score (nSPS) is 42.8. The van der Waals surface area contributed by atoms with Crippen molar-refractivity contribution in [3.8, 4) is 0 Å².